The van der Waals surface area contributed by atoms with E-state index in [9.17, 15) is 14.4 Å². The van der Waals surface area contributed by atoms with E-state index in [1.54, 1.807) is 60.9 Å². The average molecular weight is 411 g/mol. The number of hydrogen-bond donors (Lipinski definition) is 1. The van der Waals surface area contributed by atoms with Crippen LogP contribution in [0.25, 0.3) is 12.2 Å². The minimum atomic E-state index is -0.950. The number of amides is 1. The molecule has 1 amide bonds. The summed E-state index contributed by atoms with van der Waals surface area (Å²) in [5.74, 6) is -0.965. The Kier molecular flexibility index (Phi) is 8.78. The first-order valence-corrected chi connectivity index (χ1v) is 9.67. The minimum absolute atomic E-state index is 0.0146. The summed E-state index contributed by atoms with van der Waals surface area (Å²) in [5, 5.41) is 8.64. The molecule has 0 spiro atoms. The second kappa shape index (κ2) is 11.6. The van der Waals surface area contributed by atoms with Crippen LogP contribution in [-0.2, 0) is 14.4 Å². The second-order valence-corrected chi connectivity index (χ2v) is 7.53. The van der Waals surface area contributed by atoms with Crippen molar-refractivity contribution >= 4 is 40.9 Å². The Bertz CT molecular complexity index is 879. The van der Waals surface area contributed by atoms with Gasteiger partial charge in [0, 0.05) is 62.2 Å². The Balaban J connectivity index is 0.000000234. The van der Waals surface area contributed by atoms with Gasteiger partial charge in [0.15, 0.2) is 5.12 Å². The number of carbonyl (C=O) groups is 3. The van der Waals surface area contributed by atoms with E-state index in [4.69, 9.17) is 5.11 Å². The monoisotopic (exact) mass is 411 g/mol. The Hall–Kier alpha value is -3.26. The molecular weight excluding hydrogens is 390 g/mol. The first kappa shape index (κ1) is 22.0. The van der Waals surface area contributed by atoms with Gasteiger partial charge in [-0.25, -0.2) is 4.79 Å². The SMILES string of the molecule is CC(=O)SC1CN(C(=O)/C=C/c2cccnc2)C1.O=C(O)C=Cc1cccnc1. The molecule has 1 N–H and O–H groups in total. The summed E-state index contributed by atoms with van der Waals surface area (Å²) >= 11 is 1.31. The molecule has 1 aliphatic heterocycles. The molecule has 150 valence electrons. The van der Waals surface area contributed by atoms with Crippen molar-refractivity contribution in [2.75, 3.05) is 13.1 Å². The summed E-state index contributed by atoms with van der Waals surface area (Å²) in [6.45, 7) is 2.86. The molecule has 7 nitrogen and oxygen atoms in total. The zero-order valence-corrected chi connectivity index (χ0v) is 16.7. The van der Waals surface area contributed by atoms with Crippen molar-refractivity contribution in [2.45, 2.75) is 12.2 Å². The van der Waals surface area contributed by atoms with Gasteiger partial charge in [-0.2, -0.15) is 0 Å². The molecule has 0 aromatic carbocycles. The lowest BCUT2D eigenvalue weighted by atomic mass is 10.2. The maximum atomic E-state index is 11.8. The highest BCUT2D eigenvalue weighted by Gasteiger charge is 2.30. The lowest BCUT2D eigenvalue weighted by molar-refractivity contribution is -0.131. The van der Waals surface area contributed by atoms with Gasteiger partial charge in [0.05, 0.1) is 0 Å². The normalized spacial score (nSPS) is 13.6. The fraction of sp³-hybridized carbons (Fsp3) is 0.190. The number of pyridine rings is 2. The fourth-order valence-electron chi connectivity index (χ4n) is 2.32. The van der Waals surface area contributed by atoms with Crippen molar-refractivity contribution in [3.8, 4) is 0 Å². The Labute approximate surface area is 173 Å². The number of thioether (sulfide) groups is 1. The smallest absolute Gasteiger partial charge is 0.328 e. The van der Waals surface area contributed by atoms with E-state index in [1.165, 1.54) is 17.8 Å². The molecule has 2 aromatic rings. The minimum Gasteiger partial charge on any atom is -0.478 e. The molecule has 1 saturated heterocycles. The number of nitrogens with zero attached hydrogens (tertiary/aromatic N) is 3. The van der Waals surface area contributed by atoms with Crippen molar-refractivity contribution in [3.05, 3.63) is 72.3 Å². The van der Waals surface area contributed by atoms with Crippen LogP contribution in [0.5, 0.6) is 0 Å². The zero-order valence-electron chi connectivity index (χ0n) is 15.8. The topological polar surface area (TPSA) is 100 Å². The molecule has 3 heterocycles. The third-order valence-electron chi connectivity index (χ3n) is 3.70. The molecule has 2 aromatic heterocycles. The van der Waals surface area contributed by atoms with Crippen LogP contribution >= 0.6 is 11.8 Å². The Morgan fingerprint density at radius 1 is 1.03 bits per heavy atom. The van der Waals surface area contributed by atoms with Gasteiger partial charge in [-0.1, -0.05) is 23.9 Å². The lowest BCUT2D eigenvalue weighted by Gasteiger charge is -2.37. The first-order valence-electron chi connectivity index (χ1n) is 8.79. The van der Waals surface area contributed by atoms with Gasteiger partial charge in [0.25, 0.3) is 0 Å². The number of aliphatic carboxylic acids is 1. The van der Waals surface area contributed by atoms with Crippen LogP contribution < -0.4 is 0 Å². The van der Waals surface area contributed by atoms with Crippen LogP contribution in [0.2, 0.25) is 0 Å². The van der Waals surface area contributed by atoms with Crippen LogP contribution in [0.1, 0.15) is 18.1 Å². The van der Waals surface area contributed by atoms with Gasteiger partial charge < -0.3 is 10.0 Å². The number of carboxylic acid groups (broad SMARTS) is 1. The molecule has 8 heteroatoms. The second-order valence-electron chi connectivity index (χ2n) is 6.05. The van der Waals surface area contributed by atoms with E-state index in [1.807, 2.05) is 12.1 Å². The molecule has 0 unspecified atom stereocenters. The summed E-state index contributed by atoms with van der Waals surface area (Å²) in [6, 6.07) is 7.25. The van der Waals surface area contributed by atoms with Gasteiger partial charge >= 0.3 is 5.97 Å². The van der Waals surface area contributed by atoms with Gasteiger partial charge in [0.2, 0.25) is 5.91 Å². The molecule has 0 radical (unpaired) electrons. The average Bonchev–Trinajstić information content (AvgIpc) is 2.69. The van der Waals surface area contributed by atoms with E-state index < -0.39 is 5.97 Å². The van der Waals surface area contributed by atoms with E-state index in [0.29, 0.717) is 13.1 Å². The Morgan fingerprint density at radius 2 is 1.59 bits per heavy atom. The number of likely N-dealkylation sites (tertiary alicyclic amines) is 1. The third kappa shape index (κ3) is 8.52. The summed E-state index contributed by atoms with van der Waals surface area (Å²) in [6.07, 6.45) is 12.5. The van der Waals surface area contributed by atoms with Crippen LogP contribution in [-0.4, -0.2) is 55.3 Å². The molecule has 0 aliphatic carbocycles. The van der Waals surface area contributed by atoms with Gasteiger partial charge in [-0.3, -0.25) is 19.6 Å². The molecule has 1 fully saturated rings. The predicted octanol–water partition coefficient (Wildman–Crippen LogP) is 2.76. The van der Waals surface area contributed by atoms with Crippen LogP contribution in [0.4, 0.5) is 0 Å². The van der Waals surface area contributed by atoms with E-state index in [-0.39, 0.29) is 16.3 Å². The van der Waals surface area contributed by atoms with Crippen molar-refractivity contribution in [1.82, 2.24) is 14.9 Å². The summed E-state index contributed by atoms with van der Waals surface area (Å²) in [5.41, 5.74) is 1.69. The molecule has 0 bridgehead atoms. The van der Waals surface area contributed by atoms with Gasteiger partial charge in [0.1, 0.15) is 0 Å². The quantitative estimate of drug-likeness (QED) is 0.755. The largest absolute Gasteiger partial charge is 0.478 e. The lowest BCUT2D eigenvalue weighted by Crippen LogP contribution is -2.51. The molecule has 3 rings (SSSR count). The van der Waals surface area contributed by atoms with Crippen LogP contribution in [0.15, 0.2) is 61.2 Å². The standard InChI is InChI=1S/C13H14N2O2S.C8H7NO2/c1-10(16)18-12-8-15(9-12)13(17)5-4-11-3-2-6-14-7-11;10-8(11)4-3-7-2-1-5-9-6-7/h2-7,12H,8-9H2,1H3;1-6H,(H,10,11)/b5-4+;. The molecule has 1 aliphatic rings. The number of carboxylic acids is 1. The van der Waals surface area contributed by atoms with Gasteiger partial charge in [-0.15, -0.1) is 0 Å². The van der Waals surface area contributed by atoms with Gasteiger partial charge in [-0.05, 0) is 35.4 Å². The Morgan fingerprint density at radius 3 is 2.03 bits per heavy atom. The maximum Gasteiger partial charge on any atom is 0.328 e. The van der Waals surface area contributed by atoms with E-state index in [0.717, 1.165) is 17.2 Å². The summed E-state index contributed by atoms with van der Waals surface area (Å²) in [7, 11) is 0. The van der Waals surface area contributed by atoms with Crippen LogP contribution in [0, 0.1) is 0 Å². The number of rotatable bonds is 5. The molecule has 29 heavy (non-hydrogen) atoms. The van der Waals surface area contributed by atoms with Crippen molar-refractivity contribution < 1.29 is 19.5 Å². The number of carbonyl (C=O) groups excluding carboxylic acids is 2. The van der Waals surface area contributed by atoms with E-state index >= 15 is 0 Å². The summed E-state index contributed by atoms with van der Waals surface area (Å²) in [4.78, 5) is 42.2. The van der Waals surface area contributed by atoms with Crippen LogP contribution in [0.3, 0.4) is 0 Å². The first-order chi connectivity index (χ1) is 13.9. The maximum absolute atomic E-state index is 11.8. The highest BCUT2D eigenvalue weighted by atomic mass is 32.2. The third-order valence-corrected chi connectivity index (χ3v) is 4.66. The fourth-order valence-corrected chi connectivity index (χ4v) is 3.30. The molecule has 0 saturated carbocycles. The zero-order chi connectivity index (χ0) is 21.1. The van der Waals surface area contributed by atoms with Crippen molar-refractivity contribution in [2.24, 2.45) is 0 Å². The number of aromatic nitrogens is 2. The molecule has 0 atom stereocenters. The number of hydrogen-bond acceptors (Lipinski definition) is 6. The highest BCUT2D eigenvalue weighted by Crippen LogP contribution is 2.23. The highest BCUT2D eigenvalue weighted by molar-refractivity contribution is 8.14. The van der Waals surface area contributed by atoms with Crippen molar-refractivity contribution in [3.63, 3.8) is 0 Å². The predicted molar refractivity (Wildman–Crippen MR) is 113 cm³/mol. The van der Waals surface area contributed by atoms with Crippen molar-refractivity contribution in [1.29, 1.82) is 0 Å². The van der Waals surface area contributed by atoms with E-state index in [2.05, 4.69) is 9.97 Å². The summed E-state index contributed by atoms with van der Waals surface area (Å²) < 4.78 is 0. The molecular formula is C21H21N3O4S.